The Balaban J connectivity index is 0.000000339. The molecule has 1 atom stereocenters. The van der Waals surface area contributed by atoms with Gasteiger partial charge >= 0.3 is 12.1 Å². The van der Waals surface area contributed by atoms with Crippen molar-refractivity contribution in [2.75, 3.05) is 51.5 Å². The summed E-state index contributed by atoms with van der Waals surface area (Å²) in [5.41, 5.74) is 1.96. The van der Waals surface area contributed by atoms with Crippen molar-refractivity contribution in [3.63, 3.8) is 0 Å². The molecule has 2 fully saturated rings. The number of carbonyl (C=O) groups excluding carboxylic acids is 1. The van der Waals surface area contributed by atoms with Crippen molar-refractivity contribution in [2.45, 2.75) is 36.9 Å². The van der Waals surface area contributed by atoms with Gasteiger partial charge in [-0.15, -0.1) is 0 Å². The van der Waals surface area contributed by atoms with Gasteiger partial charge < -0.3 is 19.5 Å². The van der Waals surface area contributed by atoms with E-state index in [9.17, 15) is 18.0 Å². The molecule has 0 aromatic heterocycles. The lowest BCUT2D eigenvalue weighted by Gasteiger charge is -2.40. The Morgan fingerprint density at radius 1 is 1.29 bits per heavy atom. The van der Waals surface area contributed by atoms with Crippen molar-refractivity contribution < 1.29 is 37.3 Å². The molecule has 31 heavy (non-hydrogen) atoms. The number of carboxylic acid groups (broad SMARTS) is 1. The normalized spacial score (nSPS) is 22.9. The number of methoxy groups -OCH3 is 1. The van der Waals surface area contributed by atoms with Gasteiger partial charge in [-0.2, -0.15) is 13.2 Å². The minimum Gasteiger partial charge on any atom is -0.475 e. The third-order valence-corrected chi connectivity index (χ3v) is 6.20. The molecular weight excluding hydrogens is 417 g/mol. The SMILES string of the molecule is COCCN1C(=O)C2(CCN(C3CCOC3)CC2)c2ccccc21.O=C(O)C(F)(F)F. The van der Waals surface area contributed by atoms with Crippen molar-refractivity contribution >= 4 is 17.6 Å². The highest BCUT2D eigenvalue weighted by atomic mass is 19.4. The maximum atomic E-state index is 13.3. The molecule has 3 aliphatic heterocycles. The van der Waals surface area contributed by atoms with Crippen molar-refractivity contribution in [1.82, 2.24) is 4.90 Å². The highest BCUT2D eigenvalue weighted by Crippen LogP contribution is 2.48. The van der Waals surface area contributed by atoms with Gasteiger partial charge in [-0.1, -0.05) is 18.2 Å². The van der Waals surface area contributed by atoms with Crippen LogP contribution in [0.25, 0.3) is 0 Å². The number of hydrogen-bond donors (Lipinski definition) is 1. The first-order valence-corrected chi connectivity index (χ1v) is 10.2. The smallest absolute Gasteiger partial charge is 0.475 e. The largest absolute Gasteiger partial charge is 0.490 e. The molecule has 0 radical (unpaired) electrons. The van der Waals surface area contributed by atoms with Crippen LogP contribution in [-0.2, 0) is 24.5 Å². The van der Waals surface area contributed by atoms with Crippen LogP contribution in [0.2, 0.25) is 0 Å². The summed E-state index contributed by atoms with van der Waals surface area (Å²) in [6.45, 7) is 4.88. The summed E-state index contributed by atoms with van der Waals surface area (Å²) in [6.07, 6.45) is -2.15. The maximum Gasteiger partial charge on any atom is 0.490 e. The maximum absolute atomic E-state index is 13.3. The summed E-state index contributed by atoms with van der Waals surface area (Å²) >= 11 is 0. The van der Waals surface area contributed by atoms with Gasteiger partial charge in [0.05, 0.1) is 18.6 Å². The summed E-state index contributed by atoms with van der Waals surface area (Å²) in [5.74, 6) is -2.49. The number of amides is 1. The van der Waals surface area contributed by atoms with Gasteiger partial charge in [0.15, 0.2) is 0 Å². The number of alkyl halides is 3. The van der Waals surface area contributed by atoms with Crippen LogP contribution >= 0.6 is 0 Å². The van der Waals surface area contributed by atoms with Crippen LogP contribution in [0.5, 0.6) is 0 Å². The Kier molecular flexibility index (Phi) is 7.23. The summed E-state index contributed by atoms with van der Waals surface area (Å²) in [7, 11) is 1.68. The van der Waals surface area contributed by atoms with E-state index in [1.54, 1.807) is 7.11 Å². The van der Waals surface area contributed by atoms with Gasteiger partial charge in [0.2, 0.25) is 5.91 Å². The van der Waals surface area contributed by atoms with Crippen LogP contribution in [0, 0.1) is 0 Å². The second-order valence-electron chi connectivity index (χ2n) is 7.91. The van der Waals surface area contributed by atoms with Crippen LogP contribution in [0.15, 0.2) is 24.3 Å². The van der Waals surface area contributed by atoms with Crippen molar-refractivity contribution in [2.24, 2.45) is 0 Å². The fourth-order valence-corrected chi connectivity index (χ4v) is 4.57. The molecule has 1 aromatic rings. The lowest BCUT2D eigenvalue weighted by atomic mass is 9.73. The molecule has 1 N–H and O–H groups in total. The Labute approximate surface area is 178 Å². The Morgan fingerprint density at radius 3 is 2.48 bits per heavy atom. The van der Waals surface area contributed by atoms with Gasteiger partial charge in [-0.3, -0.25) is 9.69 Å². The zero-order chi connectivity index (χ0) is 22.6. The Hall–Kier alpha value is -2.17. The first-order valence-electron chi connectivity index (χ1n) is 10.2. The van der Waals surface area contributed by atoms with E-state index in [0.29, 0.717) is 19.2 Å². The highest BCUT2D eigenvalue weighted by Gasteiger charge is 2.52. The topological polar surface area (TPSA) is 79.3 Å². The Bertz CT molecular complexity index is 787. The van der Waals surface area contributed by atoms with E-state index in [1.165, 1.54) is 5.56 Å². The van der Waals surface area contributed by atoms with E-state index in [-0.39, 0.29) is 11.3 Å². The quantitative estimate of drug-likeness (QED) is 0.769. The highest BCUT2D eigenvalue weighted by molar-refractivity contribution is 6.08. The molecule has 0 saturated carbocycles. The zero-order valence-corrected chi connectivity index (χ0v) is 17.4. The monoisotopic (exact) mass is 444 g/mol. The number of carbonyl (C=O) groups is 2. The molecular formula is C21H27F3N2O5. The molecule has 1 amide bonds. The van der Waals surface area contributed by atoms with Gasteiger partial charge in [0.25, 0.3) is 0 Å². The number of nitrogens with zero attached hydrogens (tertiary/aromatic N) is 2. The lowest BCUT2D eigenvalue weighted by Crippen LogP contribution is -2.51. The number of benzene rings is 1. The van der Waals surface area contributed by atoms with E-state index in [2.05, 4.69) is 23.1 Å². The van der Waals surface area contributed by atoms with Crippen LogP contribution in [0.4, 0.5) is 18.9 Å². The third kappa shape index (κ3) is 4.86. The van der Waals surface area contributed by atoms with E-state index in [1.807, 2.05) is 11.0 Å². The number of likely N-dealkylation sites (tertiary alicyclic amines) is 1. The molecule has 4 rings (SSSR count). The van der Waals surface area contributed by atoms with E-state index >= 15 is 0 Å². The Morgan fingerprint density at radius 2 is 1.94 bits per heavy atom. The van der Waals surface area contributed by atoms with Gasteiger partial charge in [-0.05, 0) is 44.0 Å². The van der Waals surface area contributed by atoms with Crippen molar-refractivity contribution in [3.05, 3.63) is 29.8 Å². The number of halogens is 3. The average molecular weight is 444 g/mol. The first-order chi connectivity index (χ1) is 14.7. The number of para-hydroxylation sites is 1. The summed E-state index contributed by atoms with van der Waals surface area (Å²) < 4.78 is 42.5. The predicted octanol–water partition coefficient (Wildman–Crippen LogP) is 2.44. The zero-order valence-electron chi connectivity index (χ0n) is 17.4. The number of ether oxygens (including phenoxy) is 2. The summed E-state index contributed by atoms with van der Waals surface area (Å²) in [6, 6.07) is 8.85. The lowest BCUT2D eigenvalue weighted by molar-refractivity contribution is -0.192. The van der Waals surface area contributed by atoms with Crippen molar-refractivity contribution in [1.29, 1.82) is 0 Å². The summed E-state index contributed by atoms with van der Waals surface area (Å²) in [4.78, 5) is 26.7. The first kappa shape index (κ1) is 23.5. The molecule has 172 valence electrons. The minimum absolute atomic E-state index is 0.267. The van der Waals surface area contributed by atoms with Gasteiger partial charge in [0, 0.05) is 32.0 Å². The number of anilines is 1. The fourth-order valence-electron chi connectivity index (χ4n) is 4.57. The average Bonchev–Trinajstić information content (AvgIpc) is 3.35. The van der Waals surface area contributed by atoms with Crippen LogP contribution < -0.4 is 4.90 Å². The molecule has 3 aliphatic rings. The minimum atomic E-state index is -5.08. The van der Waals surface area contributed by atoms with Gasteiger partial charge in [-0.25, -0.2) is 4.79 Å². The molecule has 0 aliphatic carbocycles. The van der Waals surface area contributed by atoms with E-state index in [4.69, 9.17) is 19.4 Å². The van der Waals surface area contributed by atoms with E-state index in [0.717, 1.165) is 51.3 Å². The van der Waals surface area contributed by atoms with Crippen LogP contribution in [0.1, 0.15) is 24.8 Å². The number of piperidine rings is 1. The van der Waals surface area contributed by atoms with Gasteiger partial charge in [0.1, 0.15) is 0 Å². The number of aliphatic carboxylic acids is 1. The molecule has 7 nitrogen and oxygen atoms in total. The molecule has 3 heterocycles. The van der Waals surface area contributed by atoms with Crippen molar-refractivity contribution in [3.8, 4) is 0 Å². The van der Waals surface area contributed by atoms with E-state index < -0.39 is 12.1 Å². The van der Waals surface area contributed by atoms with Crippen LogP contribution in [0.3, 0.4) is 0 Å². The number of fused-ring (bicyclic) bond motifs is 2. The molecule has 1 unspecified atom stereocenters. The molecule has 1 spiro atoms. The fraction of sp³-hybridized carbons (Fsp3) is 0.619. The molecule has 1 aromatic carbocycles. The molecule has 0 bridgehead atoms. The standard InChI is InChI=1S/C19H26N2O3.C2HF3O2/c1-23-13-11-21-17-5-3-2-4-16(17)19(18(21)22)7-9-20(10-8-19)15-6-12-24-14-15;3-2(4,5)1(6)7/h2-5,15H,6-14H2,1H3;(H,6,7). The number of carboxylic acids is 1. The summed E-state index contributed by atoms with van der Waals surface area (Å²) in [5, 5.41) is 7.12. The van der Waals surface area contributed by atoms with Crippen LogP contribution in [-0.4, -0.2) is 80.7 Å². The number of rotatable bonds is 4. The second-order valence-corrected chi connectivity index (χ2v) is 7.91. The predicted molar refractivity (Wildman–Crippen MR) is 106 cm³/mol. The third-order valence-electron chi connectivity index (χ3n) is 6.20. The second kappa shape index (κ2) is 9.54. The molecule has 10 heteroatoms. The number of hydrogen-bond acceptors (Lipinski definition) is 5. The molecule has 2 saturated heterocycles.